The van der Waals surface area contributed by atoms with Gasteiger partial charge in [0.15, 0.2) is 0 Å². The topological polar surface area (TPSA) is 98.7 Å². The Morgan fingerprint density at radius 3 is 2.36 bits per heavy atom. The van der Waals surface area contributed by atoms with Crippen molar-refractivity contribution >= 4 is 5.91 Å². The molecule has 0 fully saturated rings. The zero-order valence-corrected chi connectivity index (χ0v) is 16.5. The summed E-state index contributed by atoms with van der Waals surface area (Å²) in [4.78, 5) is 13.5. The third-order valence-corrected chi connectivity index (χ3v) is 4.60. The summed E-state index contributed by atoms with van der Waals surface area (Å²) in [6.45, 7) is 6.66. The Kier molecular flexibility index (Phi) is 6.16. The second kappa shape index (κ2) is 8.75. The molecule has 0 radical (unpaired) electrons. The molecule has 3 N–H and O–H groups in total. The molecular weight excluding hydrogens is 352 g/mol. The number of aryl methyl sites for hydroxylation is 1. The quantitative estimate of drug-likeness (QED) is 0.658. The molecule has 1 unspecified atom stereocenters. The fourth-order valence-corrected chi connectivity index (χ4v) is 2.78. The van der Waals surface area contributed by atoms with Crippen molar-refractivity contribution in [3.8, 4) is 11.4 Å². The van der Waals surface area contributed by atoms with E-state index in [2.05, 4.69) is 46.7 Å². The van der Waals surface area contributed by atoms with E-state index in [1.807, 2.05) is 43.3 Å². The Balaban J connectivity index is 1.52. The lowest BCUT2D eigenvalue weighted by Gasteiger charge is -2.14. The first-order valence-corrected chi connectivity index (χ1v) is 9.39. The average Bonchev–Trinajstić information content (AvgIpc) is 3.15. The van der Waals surface area contributed by atoms with Gasteiger partial charge in [-0.1, -0.05) is 67.9 Å². The number of aromatic nitrogens is 4. The summed E-state index contributed by atoms with van der Waals surface area (Å²) in [6.07, 6.45) is 0. The predicted octanol–water partition coefficient (Wildman–Crippen LogP) is 2.59. The van der Waals surface area contributed by atoms with Crippen molar-refractivity contribution in [1.82, 2.24) is 25.5 Å². The van der Waals surface area contributed by atoms with Crippen LogP contribution in [0.2, 0.25) is 0 Å². The van der Waals surface area contributed by atoms with E-state index in [9.17, 15) is 4.79 Å². The van der Waals surface area contributed by atoms with Gasteiger partial charge in [0.1, 0.15) is 6.54 Å². The van der Waals surface area contributed by atoms with Crippen LogP contribution in [0.4, 0.5) is 0 Å². The van der Waals surface area contributed by atoms with Crippen LogP contribution in [0.15, 0.2) is 48.5 Å². The number of amides is 1. The molecule has 1 amide bonds. The minimum atomic E-state index is -0.267. The molecule has 3 aromatic rings. The smallest absolute Gasteiger partial charge is 0.243 e. The zero-order chi connectivity index (χ0) is 20.1. The summed E-state index contributed by atoms with van der Waals surface area (Å²) in [5, 5.41) is 15.1. The lowest BCUT2D eigenvalue weighted by atomic mass is 9.99. The Bertz CT molecular complexity index is 915. The molecule has 0 aliphatic rings. The maximum atomic E-state index is 12.2. The third kappa shape index (κ3) is 5.01. The molecule has 7 nitrogen and oxygen atoms in total. The number of hydrogen-bond acceptors (Lipinski definition) is 5. The number of nitrogens with zero attached hydrogens (tertiary/aromatic N) is 4. The number of carbonyl (C=O) groups excluding carboxylic acids is 1. The first-order chi connectivity index (χ1) is 13.4. The van der Waals surface area contributed by atoms with Gasteiger partial charge in [0.05, 0.1) is 0 Å². The molecule has 0 aliphatic carbocycles. The van der Waals surface area contributed by atoms with E-state index < -0.39 is 0 Å². The summed E-state index contributed by atoms with van der Waals surface area (Å²) < 4.78 is 0. The van der Waals surface area contributed by atoms with Gasteiger partial charge in [-0.15, -0.1) is 10.2 Å². The van der Waals surface area contributed by atoms with Gasteiger partial charge in [0.25, 0.3) is 0 Å². The van der Waals surface area contributed by atoms with E-state index >= 15 is 0 Å². The fourth-order valence-electron chi connectivity index (χ4n) is 2.78. The van der Waals surface area contributed by atoms with Gasteiger partial charge in [-0.2, -0.15) is 4.80 Å². The molecule has 0 spiro atoms. The minimum Gasteiger partial charge on any atom is -0.353 e. The lowest BCUT2D eigenvalue weighted by molar-refractivity contribution is -0.122. The molecule has 1 atom stereocenters. The average molecular weight is 378 g/mol. The van der Waals surface area contributed by atoms with Crippen LogP contribution in [-0.4, -0.2) is 32.7 Å². The van der Waals surface area contributed by atoms with Gasteiger partial charge in [-0.3, -0.25) is 4.79 Å². The van der Waals surface area contributed by atoms with Crippen LogP contribution in [0.1, 0.15) is 42.5 Å². The molecular formula is C21H26N6O. The van der Waals surface area contributed by atoms with Crippen LogP contribution in [0.5, 0.6) is 0 Å². The van der Waals surface area contributed by atoms with Gasteiger partial charge >= 0.3 is 0 Å². The van der Waals surface area contributed by atoms with Crippen LogP contribution in [0.3, 0.4) is 0 Å². The van der Waals surface area contributed by atoms with Gasteiger partial charge in [-0.05, 0) is 29.2 Å². The number of tetrazole rings is 1. The monoisotopic (exact) mass is 378 g/mol. The number of nitrogens with one attached hydrogen (secondary N) is 1. The molecule has 7 heteroatoms. The first-order valence-electron chi connectivity index (χ1n) is 9.39. The van der Waals surface area contributed by atoms with Crippen molar-refractivity contribution in [1.29, 1.82) is 0 Å². The molecule has 1 aromatic heterocycles. The highest BCUT2D eigenvalue weighted by molar-refractivity contribution is 5.75. The zero-order valence-electron chi connectivity index (χ0n) is 16.5. The van der Waals surface area contributed by atoms with Crippen molar-refractivity contribution in [3.05, 3.63) is 65.2 Å². The molecule has 0 aliphatic heterocycles. The Morgan fingerprint density at radius 2 is 1.71 bits per heavy atom. The van der Waals surface area contributed by atoms with Crippen molar-refractivity contribution in [2.24, 2.45) is 5.73 Å². The van der Waals surface area contributed by atoms with Gasteiger partial charge in [0, 0.05) is 18.2 Å². The van der Waals surface area contributed by atoms with Crippen molar-refractivity contribution in [3.63, 3.8) is 0 Å². The van der Waals surface area contributed by atoms with E-state index in [-0.39, 0.29) is 18.5 Å². The minimum absolute atomic E-state index is 0.00211. The van der Waals surface area contributed by atoms with Crippen LogP contribution < -0.4 is 11.1 Å². The number of nitrogens with two attached hydrogens (primary N) is 1. The molecule has 2 aromatic carbocycles. The van der Waals surface area contributed by atoms with Gasteiger partial charge in [-0.25, -0.2) is 0 Å². The van der Waals surface area contributed by atoms with Crippen molar-refractivity contribution in [2.75, 3.05) is 6.54 Å². The molecule has 3 rings (SSSR count). The molecule has 146 valence electrons. The van der Waals surface area contributed by atoms with Crippen molar-refractivity contribution < 1.29 is 4.79 Å². The van der Waals surface area contributed by atoms with Crippen LogP contribution in [-0.2, 0) is 11.3 Å². The molecule has 0 saturated carbocycles. The van der Waals surface area contributed by atoms with E-state index in [0.29, 0.717) is 18.3 Å². The molecule has 0 saturated heterocycles. The SMILES string of the molecule is Cc1ccc(-c2nnn(CC(=O)NCC(N)c3ccc(C(C)C)cc3)n2)cc1. The van der Waals surface area contributed by atoms with Crippen LogP contribution in [0, 0.1) is 6.92 Å². The maximum Gasteiger partial charge on any atom is 0.243 e. The highest BCUT2D eigenvalue weighted by atomic mass is 16.2. The van der Waals surface area contributed by atoms with E-state index in [0.717, 1.165) is 16.7 Å². The highest BCUT2D eigenvalue weighted by Crippen LogP contribution is 2.17. The van der Waals surface area contributed by atoms with Crippen LogP contribution in [0.25, 0.3) is 11.4 Å². The second-order valence-corrected chi connectivity index (χ2v) is 7.24. The first kappa shape index (κ1) is 19.7. The van der Waals surface area contributed by atoms with E-state index in [4.69, 9.17) is 5.73 Å². The van der Waals surface area contributed by atoms with E-state index in [1.54, 1.807) is 0 Å². The van der Waals surface area contributed by atoms with Crippen LogP contribution >= 0.6 is 0 Å². The predicted molar refractivity (Wildman–Crippen MR) is 108 cm³/mol. The summed E-state index contributed by atoms with van der Waals surface area (Å²) in [5.41, 5.74) is 10.5. The fraction of sp³-hybridized carbons (Fsp3) is 0.333. The normalized spacial score (nSPS) is 12.2. The second-order valence-electron chi connectivity index (χ2n) is 7.24. The standard InChI is InChI=1S/C21H26N6O/c1-14(2)16-8-10-17(11-9-16)19(22)12-23-20(28)13-27-25-21(24-26-27)18-6-4-15(3)5-7-18/h4-11,14,19H,12-13,22H2,1-3H3,(H,23,28). The van der Waals surface area contributed by atoms with Gasteiger partial charge in [0.2, 0.25) is 11.7 Å². The molecule has 1 heterocycles. The maximum absolute atomic E-state index is 12.2. The van der Waals surface area contributed by atoms with Gasteiger partial charge < -0.3 is 11.1 Å². The lowest BCUT2D eigenvalue weighted by Crippen LogP contribution is -2.34. The largest absolute Gasteiger partial charge is 0.353 e. The number of benzene rings is 2. The Morgan fingerprint density at radius 1 is 1.07 bits per heavy atom. The molecule has 28 heavy (non-hydrogen) atoms. The molecule has 0 bridgehead atoms. The van der Waals surface area contributed by atoms with E-state index in [1.165, 1.54) is 10.4 Å². The summed E-state index contributed by atoms with van der Waals surface area (Å²) >= 11 is 0. The third-order valence-electron chi connectivity index (χ3n) is 4.60. The summed E-state index contributed by atoms with van der Waals surface area (Å²) in [6, 6.07) is 15.7. The number of hydrogen-bond donors (Lipinski definition) is 2. The number of carbonyl (C=O) groups is 1. The number of rotatable bonds is 7. The summed E-state index contributed by atoms with van der Waals surface area (Å²) in [5.74, 6) is 0.766. The Hall–Kier alpha value is -3.06. The highest BCUT2D eigenvalue weighted by Gasteiger charge is 2.12. The Labute approximate surface area is 164 Å². The van der Waals surface area contributed by atoms with Crippen molar-refractivity contribution in [2.45, 2.75) is 39.3 Å². The summed E-state index contributed by atoms with van der Waals surface area (Å²) in [7, 11) is 0.